The summed E-state index contributed by atoms with van der Waals surface area (Å²) in [6, 6.07) is 5.47. The quantitative estimate of drug-likeness (QED) is 0.862. The second kappa shape index (κ2) is 7.15. The minimum Gasteiger partial charge on any atom is -0.461 e. The van der Waals surface area contributed by atoms with Crippen LogP contribution in [-0.2, 0) is 16.1 Å². The molecule has 0 N–H and O–H groups in total. The summed E-state index contributed by atoms with van der Waals surface area (Å²) in [6.45, 7) is 5.71. The van der Waals surface area contributed by atoms with E-state index in [2.05, 4.69) is 4.98 Å². The standard InChI is InChI=1S/C18H22N2O4/c1-12-8-13(2)17(19-9-12)18(21)20-6-7-23-11-15(20)16-5-4-14(24-16)10-22-3/h4-5,8-9,15H,6-7,10-11H2,1-3H3. The van der Waals surface area contributed by atoms with E-state index in [9.17, 15) is 4.79 Å². The van der Waals surface area contributed by atoms with Gasteiger partial charge in [-0.2, -0.15) is 0 Å². The molecule has 3 heterocycles. The van der Waals surface area contributed by atoms with Crippen LogP contribution in [0.25, 0.3) is 0 Å². The number of aromatic nitrogens is 1. The van der Waals surface area contributed by atoms with Gasteiger partial charge in [0.05, 0.1) is 13.2 Å². The smallest absolute Gasteiger partial charge is 0.273 e. The fourth-order valence-electron chi connectivity index (χ4n) is 2.95. The van der Waals surface area contributed by atoms with Crippen molar-refractivity contribution in [3.05, 3.63) is 52.7 Å². The van der Waals surface area contributed by atoms with Crippen molar-refractivity contribution < 1.29 is 18.7 Å². The number of morpholine rings is 1. The maximum atomic E-state index is 13.0. The number of methoxy groups -OCH3 is 1. The van der Waals surface area contributed by atoms with E-state index in [1.807, 2.05) is 32.0 Å². The average molecular weight is 330 g/mol. The third-order valence-electron chi connectivity index (χ3n) is 4.10. The van der Waals surface area contributed by atoms with E-state index >= 15 is 0 Å². The number of hydrogen-bond acceptors (Lipinski definition) is 5. The first-order valence-corrected chi connectivity index (χ1v) is 7.99. The third kappa shape index (κ3) is 3.34. The Bertz CT molecular complexity index is 726. The van der Waals surface area contributed by atoms with Crippen molar-refractivity contribution in [3.63, 3.8) is 0 Å². The lowest BCUT2D eigenvalue weighted by molar-refractivity contribution is -0.00980. The maximum absolute atomic E-state index is 13.0. The van der Waals surface area contributed by atoms with Gasteiger partial charge in [-0.05, 0) is 37.1 Å². The van der Waals surface area contributed by atoms with Crippen molar-refractivity contribution in [2.24, 2.45) is 0 Å². The van der Waals surface area contributed by atoms with Gasteiger partial charge in [0, 0.05) is 19.9 Å². The first-order valence-electron chi connectivity index (χ1n) is 7.99. The molecule has 1 unspecified atom stereocenters. The minimum atomic E-state index is -0.251. The molecule has 2 aromatic heterocycles. The van der Waals surface area contributed by atoms with Gasteiger partial charge < -0.3 is 18.8 Å². The molecule has 0 spiro atoms. The third-order valence-corrected chi connectivity index (χ3v) is 4.10. The van der Waals surface area contributed by atoms with Crippen molar-refractivity contribution in [1.82, 2.24) is 9.88 Å². The Morgan fingerprint density at radius 2 is 2.25 bits per heavy atom. The molecule has 1 aliphatic rings. The number of ether oxygens (including phenoxy) is 2. The van der Waals surface area contributed by atoms with Crippen LogP contribution in [-0.4, -0.2) is 42.7 Å². The van der Waals surface area contributed by atoms with Crippen LogP contribution in [0.15, 0.2) is 28.8 Å². The lowest BCUT2D eigenvalue weighted by atomic mass is 10.1. The van der Waals surface area contributed by atoms with Gasteiger partial charge in [-0.3, -0.25) is 9.78 Å². The predicted octanol–water partition coefficient (Wildman–Crippen LogP) is 2.65. The topological polar surface area (TPSA) is 64.8 Å². The lowest BCUT2D eigenvalue weighted by Crippen LogP contribution is -2.43. The van der Waals surface area contributed by atoms with Crippen LogP contribution in [0.3, 0.4) is 0 Å². The molecule has 0 saturated carbocycles. The van der Waals surface area contributed by atoms with Gasteiger partial charge in [-0.1, -0.05) is 6.07 Å². The second-order valence-corrected chi connectivity index (χ2v) is 6.00. The molecule has 0 aliphatic carbocycles. The number of hydrogen-bond donors (Lipinski definition) is 0. The number of rotatable bonds is 4. The molecule has 1 aliphatic heterocycles. The van der Waals surface area contributed by atoms with Crippen LogP contribution in [0.1, 0.15) is 39.2 Å². The van der Waals surface area contributed by atoms with Crippen LogP contribution in [0.2, 0.25) is 0 Å². The normalized spacial score (nSPS) is 18.0. The highest BCUT2D eigenvalue weighted by atomic mass is 16.5. The first-order chi connectivity index (χ1) is 11.6. The number of carbonyl (C=O) groups excluding carboxylic acids is 1. The molecule has 6 heteroatoms. The summed E-state index contributed by atoms with van der Waals surface area (Å²) in [7, 11) is 1.62. The number of nitrogens with zero attached hydrogens (tertiary/aromatic N) is 2. The Balaban J connectivity index is 1.87. The van der Waals surface area contributed by atoms with Crippen molar-refractivity contribution in [1.29, 1.82) is 0 Å². The highest BCUT2D eigenvalue weighted by molar-refractivity contribution is 5.94. The fourth-order valence-corrected chi connectivity index (χ4v) is 2.95. The molecule has 0 aromatic carbocycles. The van der Waals surface area contributed by atoms with E-state index in [0.717, 1.165) is 16.9 Å². The van der Waals surface area contributed by atoms with E-state index in [1.165, 1.54) is 0 Å². The molecule has 1 fully saturated rings. The van der Waals surface area contributed by atoms with E-state index in [-0.39, 0.29) is 11.9 Å². The minimum absolute atomic E-state index is 0.0921. The number of amides is 1. The molecular formula is C18H22N2O4. The highest BCUT2D eigenvalue weighted by Gasteiger charge is 2.32. The fraction of sp³-hybridized carbons (Fsp3) is 0.444. The zero-order chi connectivity index (χ0) is 17.1. The highest BCUT2D eigenvalue weighted by Crippen LogP contribution is 2.28. The Hall–Kier alpha value is -2.18. The van der Waals surface area contributed by atoms with Gasteiger partial charge in [-0.25, -0.2) is 0 Å². The summed E-state index contributed by atoms with van der Waals surface area (Å²) < 4.78 is 16.5. The van der Waals surface area contributed by atoms with Gasteiger partial charge in [0.1, 0.15) is 29.9 Å². The zero-order valence-electron chi connectivity index (χ0n) is 14.2. The molecule has 1 saturated heterocycles. The largest absolute Gasteiger partial charge is 0.461 e. The molecule has 1 amide bonds. The summed E-state index contributed by atoms with van der Waals surface area (Å²) in [5, 5.41) is 0. The Morgan fingerprint density at radius 3 is 3.00 bits per heavy atom. The van der Waals surface area contributed by atoms with Crippen molar-refractivity contribution in [3.8, 4) is 0 Å². The molecule has 24 heavy (non-hydrogen) atoms. The number of furan rings is 1. The summed E-state index contributed by atoms with van der Waals surface area (Å²) in [5.74, 6) is 1.35. The Kier molecular flexibility index (Phi) is 4.97. The first kappa shape index (κ1) is 16.7. The van der Waals surface area contributed by atoms with E-state index in [4.69, 9.17) is 13.9 Å². The second-order valence-electron chi connectivity index (χ2n) is 6.00. The number of carbonyl (C=O) groups is 1. The monoisotopic (exact) mass is 330 g/mol. The maximum Gasteiger partial charge on any atom is 0.273 e. The summed E-state index contributed by atoms with van der Waals surface area (Å²) >= 11 is 0. The van der Waals surface area contributed by atoms with Crippen molar-refractivity contribution in [2.75, 3.05) is 26.9 Å². The van der Waals surface area contributed by atoms with Crippen molar-refractivity contribution in [2.45, 2.75) is 26.5 Å². The summed E-state index contributed by atoms with van der Waals surface area (Å²) in [6.07, 6.45) is 1.72. The summed E-state index contributed by atoms with van der Waals surface area (Å²) in [5.41, 5.74) is 2.40. The van der Waals surface area contributed by atoms with E-state index < -0.39 is 0 Å². The Morgan fingerprint density at radius 1 is 1.42 bits per heavy atom. The molecule has 3 rings (SSSR count). The molecule has 6 nitrogen and oxygen atoms in total. The zero-order valence-corrected chi connectivity index (χ0v) is 14.2. The van der Waals surface area contributed by atoms with Crippen LogP contribution in [0, 0.1) is 13.8 Å². The molecule has 0 bridgehead atoms. The van der Waals surface area contributed by atoms with Gasteiger partial charge in [0.2, 0.25) is 0 Å². The number of pyridine rings is 1. The SMILES string of the molecule is COCc1ccc(C2COCCN2C(=O)c2ncc(C)cc2C)o1. The van der Waals surface area contributed by atoms with Crippen LogP contribution >= 0.6 is 0 Å². The summed E-state index contributed by atoms with van der Waals surface area (Å²) in [4.78, 5) is 19.1. The molecule has 1 atom stereocenters. The van der Waals surface area contributed by atoms with Crippen LogP contribution < -0.4 is 0 Å². The lowest BCUT2D eigenvalue weighted by Gasteiger charge is -2.34. The average Bonchev–Trinajstić information content (AvgIpc) is 3.03. The van der Waals surface area contributed by atoms with Crippen LogP contribution in [0.5, 0.6) is 0 Å². The molecular weight excluding hydrogens is 308 g/mol. The van der Waals surface area contributed by atoms with Crippen molar-refractivity contribution >= 4 is 5.91 Å². The van der Waals surface area contributed by atoms with Gasteiger partial charge in [-0.15, -0.1) is 0 Å². The molecule has 0 radical (unpaired) electrons. The molecule has 2 aromatic rings. The van der Waals surface area contributed by atoms with Gasteiger partial charge >= 0.3 is 0 Å². The van der Waals surface area contributed by atoms with Gasteiger partial charge in [0.25, 0.3) is 5.91 Å². The number of aryl methyl sites for hydroxylation is 2. The van der Waals surface area contributed by atoms with E-state index in [0.29, 0.717) is 37.8 Å². The Labute approximate surface area is 141 Å². The van der Waals surface area contributed by atoms with E-state index in [1.54, 1.807) is 18.2 Å². The molecule has 128 valence electrons. The van der Waals surface area contributed by atoms with Crippen LogP contribution in [0.4, 0.5) is 0 Å². The predicted molar refractivity (Wildman–Crippen MR) is 87.7 cm³/mol. The van der Waals surface area contributed by atoms with Gasteiger partial charge in [0.15, 0.2) is 0 Å².